The van der Waals surface area contributed by atoms with E-state index in [2.05, 4.69) is 15.5 Å². The lowest BCUT2D eigenvalue weighted by atomic mass is 10.2. The molecule has 2 aromatic carbocycles. The van der Waals surface area contributed by atoms with Crippen molar-refractivity contribution in [3.8, 4) is 17.1 Å². The number of methoxy groups -OCH3 is 1. The molecule has 0 aliphatic heterocycles. The number of halogens is 1. The first-order valence-corrected chi connectivity index (χ1v) is 10.6. The highest BCUT2D eigenvalue weighted by molar-refractivity contribution is 7.92. The Kier molecular flexibility index (Phi) is 6.31. The van der Waals surface area contributed by atoms with Crippen molar-refractivity contribution in [1.82, 2.24) is 15.5 Å². The summed E-state index contributed by atoms with van der Waals surface area (Å²) in [6.07, 6.45) is 0.934. The molecule has 1 amide bonds. The van der Waals surface area contributed by atoms with Crippen LogP contribution in [0.5, 0.6) is 5.75 Å². The Bertz CT molecular complexity index is 1150. The summed E-state index contributed by atoms with van der Waals surface area (Å²) in [5, 5.41) is 6.37. The van der Waals surface area contributed by atoms with Crippen LogP contribution in [-0.2, 0) is 21.4 Å². The van der Waals surface area contributed by atoms with Crippen molar-refractivity contribution in [3.05, 3.63) is 60.2 Å². The standard InChI is InChI=1S/C19H19FN4O5S/c1-28-16-8-3-5-13(9-16)19-22-18(29-23-19)11-21-17(25)12-24(30(2,26)27)15-7-4-6-14(20)10-15/h3-10H,11-12H2,1-2H3,(H,21,25). The van der Waals surface area contributed by atoms with Gasteiger partial charge in [0.05, 0.1) is 25.6 Å². The third-order valence-corrected chi connectivity index (χ3v) is 5.16. The molecule has 30 heavy (non-hydrogen) atoms. The Morgan fingerprint density at radius 3 is 2.70 bits per heavy atom. The molecule has 1 heterocycles. The summed E-state index contributed by atoms with van der Waals surface area (Å²) in [5.74, 6) is -0.151. The van der Waals surface area contributed by atoms with Crippen LogP contribution in [0.2, 0.25) is 0 Å². The van der Waals surface area contributed by atoms with Crippen molar-refractivity contribution in [3.63, 3.8) is 0 Å². The van der Waals surface area contributed by atoms with Crippen molar-refractivity contribution in [1.29, 1.82) is 0 Å². The Hall–Kier alpha value is -3.47. The van der Waals surface area contributed by atoms with Crippen molar-refractivity contribution < 1.29 is 26.9 Å². The van der Waals surface area contributed by atoms with Gasteiger partial charge in [0.15, 0.2) is 0 Å². The minimum Gasteiger partial charge on any atom is -0.497 e. The maximum atomic E-state index is 13.5. The van der Waals surface area contributed by atoms with Crippen LogP contribution in [0, 0.1) is 5.82 Å². The summed E-state index contributed by atoms with van der Waals surface area (Å²) >= 11 is 0. The number of nitrogens with one attached hydrogen (secondary N) is 1. The number of anilines is 1. The number of carbonyl (C=O) groups excluding carboxylic acids is 1. The van der Waals surface area contributed by atoms with Gasteiger partial charge in [0.25, 0.3) is 0 Å². The quantitative estimate of drug-likeness (QED) is 0.576. The Balaban J connectivity index is 1.65. The number of ether oxygens (including phenoxy) is 1. The van der Waals surface area contributed by atoms with Crippen LogP contribution >= 0.6 is 0 Å². The lowest BCUT2D eigenvalue weighted by Crippen LogP contribution is -2.40. The first-order valence-electron chi connectivity index (χ1n) is 8.73. The number of carbonyl (C=O) groups is 1. The van der Waals surface area contributed by atoms with Gasteiger partial charge >= 0.3 is 0 Å². The fraction of sp³-hybridized carbons (Fsp3) is 0.211. The molecule has 1 aromatic heterocycles. The van der Waals surface area contributed by atoms with Gasteiger partial charge in [-0.25, -0.2) is 12.8 Å². The van der Waals surface area contributed by atoms with Crippen LogP contribution in [0.15, 0.2) is 53.1 Å². The van der Waals surface area contributed by atoms with Crippen LogP contribution in [0.1, 0.15) is 5.89 Å². The average Bonchev–Trinajstić information content (AvgIpc) is 3.19. The van der Waals surface area contributed by atoms with Gasteiger partial charge in [-0.1, -0.05) is 23.4 Å². The summed E-state index contributed by atoms with van der Waals surface area (Å²) < 4.78 is 48.6. The third-order valence-electron chi connectivity index (χ3n) is 4.02. The highest BCUT2D eigenvalue weighted by Crippen LogP contribution is 2.21. The van der Waals surface area contributed by atoms with Gasteiger partial charge in [-0.15, -0.1) is 0 Å². The number of rotatable bonds is 8. The maximum absolute atomic E-state index is 13.5. The molecule has 0 unspecified atom stereocenters. The van der Waals surface area contributed by atoms with Gasteiger partial charge in [0.2, 0.25) is 27.6 Å². The minimum atomic E-state index is -3.81. The maximum Gasteiger partial charge on any atom is 0.246 e. The van der Waals surface area contributed by atoms with E-state index in [0.29, 0.717) is 17.1 Å². The van der Waals surface area contributed by atoms with E-state index in [1.807, 2.05) is 0 Å². The lowest BCUT2D eigenvalue weighted by molar-refractivity contribution is -0.119. The molecule has 158 valence electrons. The molecule has 0 aliphatic rings. The molecule has 9 nitrogen and oxygen atoms in total. The molecule has 0 aliphatic carbocycles. The van der Waals surface area contributed by atoms with Crippen LogP contribution in [0.4, 0.5) is 10.1 Å². The smallest absolute Gasteiger partial charge is 0.246 e. The van der Waals surface area contributed by atoms with Gasteiger partial charge in [0, 0.05) is 5.56 Å². The Morgan fingerprint density at radius 2 is 2.00 bits per heavy atom. The number of nitrogens with zero attached hydrogens (tertiary/aromatic N) is 3. The van der Waals surface area contributed by atoms with Crippen LogP contribution < -0.4 is 14.4 Å². The summed E-state index contributed by atoms with van der Waals surface area (Å²) in [6.45, 7) is -0.629. The molecule has 0 bridgehead atoms. The van der Waals surface area contributed by atoms with Crippen molar-refractivity contribution in [2.75, 3.05) is 24.2 Å². The first kappa shape index (κ1) is 21.2. The molecule has 0 spiro atoms. The number of benzene rings is 2. The second kappa shape index (κ2) is 8.91. The molecule has 3 rings (SSSR count). The van der Waals surface area contributed by atoms with Crippen LogP contribution in [0.25, 0.3) is 11.4 Å². The molecule has 0 saturated heterocycles. The van der Waals surface area contributed by atoms with Crippen LogP contribution in [-0.4, -0.2) is 44.4 Å². The number of hydrogen-bond acceptors (Lipinski definition) is 7. The number of hydrogen-bond donors (Lipinski definition) is 1. The second-order valence-electron chi connectivity index (χ2n) is 6.27. The van der Waals surface area contributed by atoms with E-state index in [4.69, 9.17) is 9.26 Å². The van der Waals surface area contributed by atoms with Crippen molar-refractivity contribution in [2.24, 2.45) is 0 Å². The zero-order chi connectivity index (χ0) is 21.7. The van der Waals surface area contributed by atoms with E-state index in [-0.39, 0.29) is 18.1 Å². The van der Waals surface area contributed by atoms with E-state index in [0.717, 1.165) is 16.6 Å². The van der Waals surface area contributed by atoms with Gasteiger partial charge in [-0.05, 0) is 30.3 Å². The SMILES string of the molecule is COc1cccc(-c2noc(CNC(=O)CN(c3cccc(F)c3)S(C)(=O)=O)n2)c1. The van der Waals surface area contributed by atoms with E-state index in [1.165, 1.54) is 18.2 Å². The molecule has 1 N–H and O–H groups in total. The monoisotopic (exact) mass is 434 g/mol. The van der Waals surface area contributed by atoms with E-state index < -0.39 is 28.3 Å². The lowest BCUT2D eigenvalue weighted by Gasteiger charge is -2.21. The highest BCUT2D eigenvalue weighted by Gasteiger charge is 2.21. The predicted molar refractivity (Wildman–Crippen MR) is 107 cm³/mol. The number of amides is 1. The first-order chi connectivity index (χ1) is 14.3. The Labute approximate surface area is 172 Å². The summed E-state index contributed by atoms with van der Waals surface area (Å²) in [6, 6.07) is 12.0. The second-order valence-corrected chi connectivity index (χ2v) is 8.18. The number of aromatic nitrogens is 2. The van der Waals surface area contributed by atoms with Crippen molar-refractivity contribution >= 4 is 21.6 Å². The normalized spacial score (nSPS) is 11.2. The van der Waals surface area contributed by atoms with Gasteiger partial charge in [-0.3, -0.25) is 9.10 Å². The van der Waals surface area contributed by atoms with Crippen LogP contribution in [0.3, 0.4) is 0 Å². The topological polar surface area (TPSA) is 115 Å². The molecule has 11 heteroatoms. The highest BCUT2D eigenvalue weighted by atomic mass is 32.2. The average molecular weight is 434 g/mol. The molecule has 0 saturated carbocycles. The van der Waals surface area contributed by atoms with Gasteiger partial charge < -0.3 is 14.6 Å². The van der Waals surface area contributed by atoms with E-state index >= 15 is 0 Å². The zero-order valence-electron chi connectivity index (χ0n) is 16.2. The molecule has 0 atom stereocenters. The molecule has 3 aromatic rings. The van der Waals surface area contributed by atoms with Gasteiger partial charge in [-0.2, -0.15) is 4.98 Å². The third kappa shape index (κ3) is 5.32. The van der Waals surface area contributed by atoms with Gasteiger partial charge in [0.1, 0.15) is 18.1 Å². The summed E-state index contributed by atoms with van der Waals surface area (Å²) in [5.41, 5.74) is 0.718. The summed E-state index contributed by atoms with van der Waals surface area (Å²) in [4.78, 5) is 16.5. The van der Waals surface area contributed by atoms with Crippen molar-refractivity contribution in [2.45, 2.75) is 6.54 Å². The Morgan fingerprint density at radius 1 is 1.23 bits per heavy atom. The molecule has 0 radical (unpaired) electrons. The van der Waals surface area contributed by atoms with E-state index in [9.17, 15) is 17.6 Å². The molecular formula is C19H19FN4O5S. The minimum absolute atomic E-state index is 0.0470. The molecular weight excluding hydrogens is 415 g/mol. The largest absolute Gasteiger partial charge is 0.497 e. The fourth-order valence-corrected chi connectivity index (χ4v) is 3.45. The predicted octanol–water partition coefficient (Wildman–Crippen LogP) is 1.97. The van der Waals surface area contributed by atoms with E-state index in [1.54, 1.807) is 31.4 Å². The molecule has 0 fully saturated rings. The zero-order valence-corrected chi connectivity index (χ0v) is 17.0. The fourth-order valence-electron chi connectivity index (χ4n) is 2.60. The summed E-state index contributed by atoms with van der Waals surface area (Å²) in [7, 11) is -2.27. The number of sulfonamides is 1.